The second-order valence-corrected chi connectivity index (χ2v) is 5.14. The van der Waals surface area contributed by atoms with Crippen LogP contribution in [-0.2, 0) is 21.5 Å². The van der Waals surface area contributed by atoms with E-state index in [1.807, 2.05) is 13.3 Å². The molecule has 0 bridgehead atoms. The smallest absolute Gasteiger partial charge is 0.0971 e. The summed E-state index contributed by atoms with van der Waals surface area (Å²) in [7, 11) is 3.55. The highest BCUT2D eigenvalue weighted by atomic mass is 16.5. The SMILES string of the molecule is COCCc1nccc(C)c1C1(OC)CCNCC1. The van der Waals surface area contributed by atoms with Gasteiger partial charge in [-0.1, -0.05) is 0 Å². The molecule has 1 aliphatic rings. The fraction of sp³-hybridized carbons (Fsp3) is 0.667. The van der Waals surface area contributed by atoms with Crippen molar-refractivity contribution in [1.82, 2.24) is 10.3 Å². The lowest BCUT2D eigenvalue weighted by atomic mass is 9.81. The topological polar surface area (TPSA) is 43.4 Å². The minimum absolute atomic E-state index is 0.188. The molecule has 1 aromatic heterocycles. The molecule has 4 heteroatoms. The van der Waals surface area contributed by atoms with Gasteiger partial charge in [-0.3, -0.25) is 4.98 Å². The second kappa shape index (κ2) is 6.46. The quantitative estimate of drug-likeness (QED) is 0.881. The first-order chi connectivity index (χ1) is 9.23. The van der Waals surface area contributed by atoms with Gasteiger partial charge in [0.15, 0.2) is 0 Å². The van der Waals surface area contributed by atoms with Crippen molar-refractivity contribution in [2.45, 2.75) is 31.8 Å². The van der Waals surface area contributed by atoms with E-state index in [-0.39, 0.29) is 5.60 Å². The zero-order valence-electron chi connectivity index (χ0n) is 12.2. The summed E-state index contributed by atoms with van der Waals surface area (Å²) in [6.45, 7) is 4.83. The Morgan fingerprint density at radius 3 is 2.68 bits per heavy atom. The van der Waals surface area contributed by atoms with Crippen molar-refractivity contribution in [2.24, 2.45) is 0 Å². The predicted molar refractivity (Wildman–Crippen MR) is 75.3 cm³/mol. The molecule has 2 heterocycles. The first kappa shape index (κ1) is 14.4. The Kier molecular flexibility index (Phi) is 4.91. The first-order valence-electron chi connectivity index (χ1n) is 6.93. The zero-order valence-corrected chi connectivity index (χ0v) is 12.2. The van der Waals surface area contributed by atoms with Crippen LogP contribution in [0.2, 0.25) is 0 Å². The molecule has 0 amide bonds. The Morgan fingerprint density at radius 2 is 2.05 bits per heavy atom. The normalized spacial score (nSPS) is 18.5. The highest BCUT2D eigenvalue weighted by Crippen LogP contribution is 2.37. The lowest BCUT2D eigenvalue weighted by molar-refractivity contribution is -0.0407. The van der Waals surface area contributed by atoms with E-state index in [0.29, 0.717) is 6.61 Å². The van der Waals surface area contributed by atoms with Crippen LogP contribution in [0.4, 0.5) is 0 Å². The van der Waals surface area contributed by atoms with Crippen molar-refractivity contribution in [3.8, 4) is 0 Å². The van der Waals surface area contributed by atoms with E-state index in [2.05, 4.69) is 23.3 Å². The zero-order chi connectivity index (χ0) is 13.7. The molecule has 0 atom stereocenters. The number of hydrogen-bond donors (Lipinski definition) is 1. The number of rotatable bonds is 5. The molecular weight excluding hydrogens is 240 g/mol. The van der Waals surface area contributed by atoms with E-state index in [1.165, 1.54) is 11.1 Å². The monoisotopic (exact) mass is 264 g/mol. The molecule has 0 aromatic carbocycles. The summed E-state index contributed by atoms with van der Waals surface area (Å²) in [6.07, 6.45) is 4.71. The summed E-state index contributed by atoms with van der Waals surface area (Å²) >= 11 is 0. The highest BCUT2D eigenvalue weighted by molar-refractivity contribution is 5.35. The van der Waals surface area contributed by atoms with Gasteiger partial charge in [0.05, 0.1) is 12.2 Å². The molecule has 0 spiro atoms. The summed E-state index contributed by atoms with van der Waals surface area (Å²) in [4.78, 5) is 4.56. The van der Waals surface area contributed by atoms with Crippen molar-refractivity contribution >= 4 is 0 Å². The van der Waals surface area contributed by atoms with Crippen molar-refractivity contribution in [2.75, 3.05) is 33.9 Å². The third-order valence-electron chi connectivity index (χ3n) is 4.04. The van der Waals surface area contributed by atoms with E-state index in [1.54, 1.807) is 7.11 Å². The molecule has 1 aliphatic heterocycles. The third kappa shape index (κ3) is 2.96. The van der Waals surface area contributed by atoms with Crippen LogP contribution in [0.3, 0.4) is 0 Å². The van der Waals surface area contributed by atoms with Crippen LogP contribution < -0.4 is 5.32 Å². The number of ether oxygens (including phenoxy) is 2. The number of nitrogens with one attached hydrogen (secondary N) is 1. The molecule has 1 aromatic rings. The number of aryl methyl sites for hydroxylation is 1. The average molecular weight is 264 g/mol. The molecule has 0 saturated carbocycles. The van der Waals surface area contributed by atoms with Gasteiger partial charge in [0.2, 0.25) is 0 Å². The second-order valence-electron chi connectivity index (χ2n) is 5.14. The van der Waals surface area contributed by atoms with Gasteiger partial charge in [-0.15, -0.1) is 0 Å². The van der Waals surface area contributed by atoms with Crippen LogP contribution in [0.5, 0.6) is 0 Å². The van der Waals surface area contributed by atoms with E-state index >= 15 is 0 Å². The fourth-order valence-electron chi connectivity index (χ4n) is 3.01. The van der Waals surface area contributed by atoms with Crippen molar-refractivity contribution in [3.05, 3.63) is 29.1 Å². The van der Waals surface area contributed by atoms with Gasteiger partial charge in [0, 0.05) is 38.1 Å². The number of aromatic nitrogens is 1. The Hall–Kier alpha value is -0.970. The van der Waals surface area contributed by atoms with Crippen LogP contribution in [0.1, 0.15) is 29.7 Å². The largest absolute Gasteiger partial charge is 0.384 e. The summed E-state index contributed by atoms with van der Waals surface area (Å²) < 4.78 is 11.1. The van der Waals surface area contributed by atoms with Gasteiger partial charge in [-0.25, -0.2) is 0 Å². The summed E-state index contributed by atoms with van der Waals surface area (Å²) in [6, 6.07) is 2.08. The van der Waals surface area contributed by atoms with Gasteiger partial charge in [0.25, 0.3) is 0 Å². The number of piperidine rings is 1. The minimum atomic E-state index is -0.188. The lowest BCUT2D eigenvalue weighted by Gasteiger charge is -2.38. The summed E-state index contributed by atoms with van der Waals surface area (Å²) in [5.74, 6) is 0. The molecule has 1 saturated heterocycles. The van der Waals surface area contributed by atoms with E-state index in [0.717, 1.165) is 38.0 Å². The number of methoxy groups -OCH3 is 2. The summed E-state index contributed by atoms with van der Waals surface area (Å²) in [5, 5.41) is 3.40. The first-order valence-corrected chi connectivity index (χ1v) is 6.93. The minimum Gasteiger partial charge on any atom is -0.384 e. The number of hydrogen-bond acceptors (Lipinski definition) is 4. The molecule has 1 fully saturated rings. The third-order valence-corrected chi connectivity index (χ3v) is 4.04. The fourth-order valence-corrected chi connectivity index (χ4v) is 3.01. The molecule has 0 aliphatic carbocycles. The molecule has 1 N–H and O–H groups in total. The van der Waals surface area contributed by atoms with Crippen LogP contribution >= 0.6 is 0 Å². The summed E-state index contributed by atoms with van der Waals surface area (Å²) in [5.41, 5.74) is 3.47. The van der Waals surface area contributed by atoms with E-state index < -0.39 is 0 Å². The van der Waals surface area contributed by atoms with Crippen molar-refractivity contribution < 1.29 is 9.47 Å². The van der Waals surface area contributed by atoms with E-state index in [9.17, 15) is 0 Å². The van der Waals surface area contributed by atoms with Crippen LogP contribution in [0.25, 0.3) is 0 Å². The average Bonchev–Trinajstić information content (AvgIpc) is 2.46. The van der Waals surface area contributed by atoms with Crippen LogP contribution in [0.15, 0.2) is 12.3 Å². The Balaban J connectivity index is 2.39. The lowest BCUT2D eigenvalue weighted by Crippen LogP contribution is -2.42. The molecule has 0 unspecified atom stereocenters. The van der Waals surface area contributed by atoms with E-state index in [4.69, 9.17) is 9.47 Å². The Labute approximate surface area is 115 Å². The Bertz CT molecular complexity index is 415. The van der Waals surface area contributed by atoms with Gasteiger partial charge < -0.3 is 14.8 Å². The van der Waals surface area contributed by atoms with Crippen LogP contribution in [-0.4, -0.2) is 38.9 Å². The highest BCUT2D eigenvalue weighted by Gasteiger charge is 2.37. The maximum atomic E-state index is 5.95. The van der Waals surface area contributed by atoms with Crippen molar-refractivity contribution in [1.29, 1.82) is 0 Å². The van der Waals surface area contributed by atoms with Crippen molar-refractivity contribution in [3.63, 3.8) is 0 Å². The molecule has 19 heavy (non-hydrogen) atoms. The standard InChI is InChI=1S/C15H24N2O2/c1-12-4-8-17-13(5-11-18-2)14(12)15(19-3)6-9-16-10-7-15/h4,8,16H,5-7,9-11H2,1-3H3. The molecule has 106 valence electrons. The Morgan fingerprint density at radius 1 is 1.32 bits per heavy atom. The predicted octanol–water partition coefficient (Wildman–Crippen LogP) is 1.80. The van der Waals surface area contributed by atoms with Gasteiger partial charge >= 0.3 is 0 Å². The maximum absolute atomic E-state index is 5.95. The van der Waals surface area contributed by atoms with Crippen LogP contribution in [0, 0.1) is 6.92 Å². The number of nitrogens with zero attached hydrogens (tertiary/aromatic N) is 1. The molecular formula is C15H24N2O2. The van der Waals surface area contributed by atoms with Gasteiger partial charge in [-0.05, 0) is 44.5 Å². The maximum Gasteiger partial charge on any atom is 0.0971 e. The molecule has 0 radical (unpaired) electrons. The number of pyridine rings is 1. The van der Waals surface area contributed by atoms with Gasteiger partial charge in [0.1, 0.15) is 0 Å². The molecule has 2 rings (SSSR count). The van der Waals surface area contributed by atoms with Gasteiger partial charge in [-0.2, -0.15) is 0 Å². The molecule has 4 nitrogen and oxygen atoms in total.